The number of carbonyl (C=O) groups excluding carboxylic acids is 2. The van der Waals surface area contributed by atoms with E-state index in [1.807, 2.05) is 11.8 Å². The highest BCUT2D eigenvalue weighted by atomic mass is 32.2. The summed E-state index contributed by atoms with van der Waals surface area (Å²) in [4.78, 5) is 24.7. The van der Waals surface area contributed by atoms with Gasteiger partial charge in [-0.05, 0) is 19.8 Å². The molecule has 1 fully saturated rings. The average Bonchev–Trinajstić information content (AvgIpc) is 2.59. The van der Waals surface area contributed by atoms with Crippen LogP contribution in [0.4, 0.5) is 0 Å². The van der Waals surface area contributed by atoms with Crippen molar-refractivity contribution >= 4 is 22.8 Å². The fourth-order valence-corrected chi connectivity index (χ4v) is 2.48. The molecule has 0 aromatic rings. The lowest BCUT2D eigenvalue weighted by molar-refractivity contribution is -0.134. The lowest BCUT2D eigenvalue weighted by Crippen LogP contribution is -2.38. The van der Waals surface area contributed by atoms with E-state index in [2.05, 4.69) is 6.92 Å². The van der Waals surface area contributed by atoms with E-state index in [9.17, 15) is 9.59 Å². The van der Waals surface area contributed by atoms with E-state index in [0.29, 0.717) is 11.8 Å². The molecule has 4 heteroatoms. The Morgan fingerprint density at radius 3 is 2.67 bits per heavy atom. The molecule has 1 aliphatic rings. The number of nitrogens with zero attached hydrogens (tertiary/aromatic N) is 1. The number of amides is 1. The normalized spacial score (nSPS) is 22.9. The predicted octanol–water partition coefficient (Wildman–Crippen LogP) is 1.91. The van der Waals surface area contributed by atoms with Gasteiger partial charge in [-0.15, -0.1) is 0 Å². The summed E-state index contributed by atoms with van der Waals surface area (Å²) < 4.78 is 0. The van der Waals surface area contributed by atoms with Crippen molar-refractivity contribution in [1.82, 2.24) is 4.90 Å². The summed E-state index contributed by atoms with van der Waals surface area (Å²) >= 11 is 1.24. The maximum Gasteiger partial charge on any atom is 0.226 e. The van der Waals surface area contributed by atoms with Crippen molar-refractivity contribution in [2.45, 2.75) is 39.7 Å². The van der Waals surface area contributed by atoms with Crippen LogP contribution in [0.3, 0.4) is 0 Å². The molecule has 0 aromatic heterocycles. The third kappa shape index (κ3) is 3.52. The first-order valence-corrected chi connectivity index (χ1v) is 6.44. The molecular formula is C11H19NO2S. The number of rotatable bonds is 3. The van der Waals surface area contributed by atoms with Crippen LogP contribution >= 0.6 is 11.8 Å². The zero-order valence-corrected chi connectivity index (χ0v) is 10.5. The van der Waals surface area contributed by atoms with Crippen LogP contribution in [0.15, 0.2) is 0 Å². The number of thioether (sulfide) groups is 1. The SMILES string of the molecule is CC(=O)SC[C@@H](C)C(=O)N1CCCC1C. The topological polar surface area (TPSA) is 37.4 Å². The summed E-state index contributed by atoms with van der Waals surface area (Å²) in [6.07, 6.45) is 2.22. The Bertz CT molecular complexity index is 255. The number of carbonyl (C=O) groups is 2. The molecule has 0 saturated carbocycles. The molecule has 0 radical (unpaired) electrons. The fourth-order valence-electron chi connectivity index (χ4n) is 1.86. The first-order valence-electron chi connectivity index (χ1n) is 5.46. The molecule has 0 aliphatic carbocycles. The zero-order chi connectivity index (χ0) is 11.4. The van der Waals surface area contributed by atoms with Gasteiger partial charge in [0.1, 0.15) is 0 Å². The molecule has 86 valence electrons. The Balaban J connectivity index is 2.41. The van der Waals surface area contributed by atoms with Crippen molar-refractivity contribution < 1.29 is 9.59 Å². The van der Waals surface area contributed by atoms with Crippen LogP contribution in [-0.4, -0.2) is 34.3 Å². The smallest absolute Gasteiger partial charge is 0.226 e. The van der Waals surface area contributed by atoms with Gasteiger partial charge >= 0.3 is 0 Å². The van der Waals surface area contributed by atoms with Gasteiger partial charge in [-0.25, -0.2) is 0 Å². The van der Waals surface area contributed by atoms with Gasteiger partial charge < -0.3 is 4.90 Å². The van der Waals surface area contributed by atoms with Gasteiger partial charge in [0.2, 0.25) is 5.91 Å². The molecule has 1 rings (SSSR count). The van der Waals surface area contributed by atoms with E-state index in [4.69, 9.17) is 0 Å². The first-order chi connectivity index (χ1) is 7.02. The lowest BCUT2D eigenvalue weighted by atomic mass is 10.1. The van der Waals surface area contributed by atoms with E-state index in [1.54, 1.807) is 6.92 Å². The highest BCUT2D eigenvalue weighted by molar-refractivity contribution is 8.13. The highest BCUT2D eigenvalue weighted by Crippen LogP contribution is 2.20. The fraction of sp³-hybridized carbons (Fsp3) is 0.818. The lowest BCUT2D eigenvalue weighted by Gasteiger charge is -2.24. The molecule has 0 N–H and O–H groups in total. The van der Waals surface area contributed by atoms with Crippen LogP contribution in [-0.2, 0) is 9.59 Å². The molecule has 3 nitrogen and oxygen atoms in total. The Labute approximate surface area is 95.6 Å². The van der Waals surface area contributed by atoms with Crippen molar-refractivity contribution in [3.8, 4) is 0 Å². The van der Waals surface area contributed by atoms with Crippen molar-refractivity contribution in [2.75, 3.05) is 12.3 Å². The van der Waals surface area contributed by atoms with Gasteiger partial charge in [-0.3, -0.25) is 9.59 Å². The standard InChI is InChI=1S/C11H19NO2S/c1-8(7-15-10(3)13)11(14)12-6-4-5-9(12)2/h8-9H,4-7H2,1-3H3/t8-,9?/m1/s1. The van der Waals surface area contributed by atoms with Crippen LogP contribution in [0.25, 0.3) is 0 Å². The summed E-state index contributed by atoms with van der Waals surface area (Å²) in [5, 5.41) is 0.0871. The Morgan fingerprint density at radius 1 is 1.53 bits per heavy atom. The third-order valence-corrected chi connectivity index (χ3v) is 3.87. The Hall–Kier alpha value is -0.510. The molecule has 0 aromatic carbocycles. The Kier molecular flexibility index (Phi) is 4.64. The molecule has 1 heterocycles. The predicted molar refractivity (Wildman–Crippen MR) is 62.7 cm³/mol. The van der Waals surface area contributed by atoms with Gasteiger partial charge in [0.15, 0.2) is 5.12 Å². The first kappa shape index (κ1) is 12.6. The molecular weight excluding hydrogens is 210 g/mol. The maximum absolute atomic E-state index is 12.0. The van der Waals surface area contributed by atoms with Gasteiger partial charge in [0.05, 0.1) is 0 Å². The molecule has 1 amide bonds. The minimum Gasteiger partial charge on any atom is -0.340 e. The molecule has 0 spiro atoms. The monoisotopic (exact) mass is 229 g/mol. The second kappa shape index (κ2) is 5.54. The van der Waals surface area contributed by atoms with Crippen molar-refractivity contribution in [1.29, 1.82) is 0 Å². The highest BCUT2D eigenvalue weighted by Gasteiger charge is 2.28. The van der Waals surface area contributed by atoms with E-state index in [0.717, 1.165) is 19.4 Å². The largest absolute Gasteiger partial charge is 0.340 e. The van der Waals surface area contributed by atoms with Crippen LogP contribution in [0, 0.1) is 5.92 Å². The average molecular weight is 229 g/mol. The summed E-state index contributed by atoms with van der Waals surface area (Å²) in [5.74, 6) is 0.769. The summed E-state index contributed by atoms with van der Waals surface area (Å²) in [7, 11) is 0. The van der Waals surface area contributed by atoms with Gasteiger partial charge in [-0.2, -0.15) is 0 Å². The zero-order valence-electron chi connectivity index (χ0n) is 9.66. The summed E-state index contributed by atoms with van der Waals surface area (Å²) in [5.41, 5.74) is 0. The van der Waals surface area contributed by atoms with Crippen molar-refractivity contribution in [3.63, 3.8) is 0 Å². The second-order valence-corrected chi connectivity index (χ2v) is 5.42. The van der Waals surface area contributed by atoms with Crippen LogP contribution in [0.1, 0.15) is 33.6 Å². The van der Waals surface area contributed by atoms with E-state index in [1.165, 1.54) is 11.8 Å². The quantitative estimate of drug-likeness (QED) is 0.742. The minimum absolute atomic E-state index is 0.0422. The minimum atomic E-state index is -0.0422. The molecule has 1 aliphatic heterocycles. The maximum atomic E-state index is 12.0. The number of hydrogen-bond acceptors (Lipinski definition) is 3. The molecule has 15 heavy (non-hydrogen) atoms. The summed E-state index contributed by atoms with van der Waals surface area (Å²) in [6.45, 7) is 6.43. The van der Waals surface area contributed by atoms with Crippen LogP contribution in [0.2, 0.25) is 0 Å². The van der Waals surface area contributed by atoms with E-state index < -0.39 is 0 Å². The third-order valence-electron chi connectivity index (χ3n) is 2.79. The van der Waals surface area contributed by atoms with Crippen molar-refractivity contribution in [2.24, 2.45) is 5.92 Å². The Morgan fingerprint density at radius 2 is 2.20 bits per heavy atom. The number of hydrogen-bond donors (Lipinski definition) is 0. The van der Waals surface area contributed by atoms with Crippen LogP contribution < -0.4 is 0 Å². The molecule has 0 bridgehead atoms. The second-order valence-electron chi connectivity index (χ2n) is 4.23. The van der Waals surface area contributed by atoms with Gasteiger partial charge in [-0.1, -0.05) is 18.7 Å². The van der Waals surface area contributed by atoms with Crippen molar-refractivity contribution in [3.05, 3.63) is 0 Å². The van der Waals surface area contributed by atoms with E-state index >= 15 is 0 Å². The summed E-state index contributed by atoms with van der Waals surface area (Å²) in [6, 6.07) is 0.377. The molecule has 1 saturated heterocycles. The number of likely N-dealkylation sites (tertiary alicyclic amines) is 1. The molecule has 1 unspecified atom stereocenters. The van der Waals surface area contributed by atoms with Crippen LogP contribution in [0.5, 0.6) is 0 Å². The van der Waals surface area contributed by atoms with Gasteiger partial charge in [0, 0.05) is 31.2 Å². The molecule has 2 atom stereocenters. The van der Waals surface area contributed by atoms with Gasteiger partial charge in [0.25, 0.3) is 0 Å². The van der Waals surface area contributed by atoms with E-state index in [-0.39, 0.29) is 16.9 Å².